The molecule has 3 nitrogen and oxygen atoms in total. The zero-order chi connectivity index (χ0) is 19.4. The second kappa shape index (κ2) is 13.3. The number of hydrogen-bond acceptors (Lipinski definition) is 3. The van der Waals surface area contributed by atoms with Crippen LogP contribution in [0.5, 0.6) is 0 Å². The monoisotopic (exact) mass is 364 g/mol. The lowest BCUT2D eigenvalue weighted by Gasteiger charge is -2.19. The number of unbranched alkanes of at least 4 members (excludes halogenated alkanes) is 5. The van der Waals surface area contributed by atoms with Crippen LogP contribution in [-0.4, -0.2) is 33.6 Å². The fourth-order valence-electron chi connectivity index (χ4n) is 3.67. The Labute approximate surface area is 160 Å². The highest BCUT2D eigenvalue weighted by atomic mass is 16.3. The average molecular weight is 365 g/mol. The molecule has 0 spiro atoms. The lowest BCUT2D eigenvalue weighted by molar-refractivity contribution is 0.0343. The first-order valence-corrected chi connectivity index (χ1v) is 10.5. The standard InChI is InChI=1S/C23H40O3/c1-4-5-6-7-8-9-10-21(24)16-23(26)17-22(25)12-11-20-14-18(2)13-19(3)15-20/h13-15,21-26H,4-12,16-17H2,1-3H3/t21-,22+,23-/m0/s1. The molecule has 1 rings (SSSR count). The third-order valence-corrected chi connectivity index (χ3v) is 5.03. The van der Waals surface area contributed by atoms with Crippen LogP contribution in [0.1, 0.15) is 87.8 Å². The molecule has 0 amide bonds. The summed E-state index contributed by atoms with van der Waals surface area (Å²) in [6, 6.07) is 6.45. The Morgan fingerprint density at radius 3 is 1.85 bits per heavy atom. The Balaban J connectivity index is 2.17. The maximum atomic E-state index is 10.2. The molecule has 3 atom stereocenters. The van der Waals surface area contributed by atoms with E-state index in [9.17, 15) is 15.3 Å². The summed E-state index contributed by atoms with van der Waals surface area (Å²) in [5.74, 6) is 0. The average Bonchev–Trinajstić information content (AvgIpc) is 2.55. The summed E-state index contributed by atoms with van der Waals surface area (Å²) in [7, 11) is 0. The molecule has 0 saturated carbocycles. The molecule has 0 aliphatic rings. The van der Waals surface area contributed by atoms with Crippen LogP contribution >= 0.6 is 0 Å². The molecule has 0 aromatic heterocycles. The van der Waals surface area contributed by atoms with Gasteiger partial charge < -0.3 is 15.3 Å². The van der Waals surface area contributed by atoms with Gasteiger partial charge in [-0.3, -0.25) is 0 Å². The first kappa shape index (κ1) is 23.1. The van der Waals surface area contributed by atoms with E-state index in [4.69, 9.17) is 0 Å². The highest BCUT2D eigenvalue weighted by Crippen LogP contribution is 2.16. The molecule has 0 unspecified atom stereocenters. The first-order chi connectivity index (χ1) is 12.4. The molecule has 1 aromatic carbocycles. The van der Waals surface area contributed by atoms with Crippen molar-refractivity contribution in [1.29, 1.82) is 0 Å². The molecule has 0 heterocycles. The highest BCUT2D eigenvalue weighted by Gasteiger charge is 2.16. The Kier molecular flexibility index (Phi) is 11.8. The summed E-state index contributed by atoms with van der Waals surface area (Å²) >= 11 is 0. The molecule has 26 heavy (non-hydrogen) atoms. The van der Waals surface area contributed by atoms with Gasteiger partial charge in [-0.1, -0.05) is 74.8 Å². The van der Waals surface area contributed by atoms with Crippen LogP contribution in [0, 0.1) is 13.8 Å². The molecule has 0 radical (unpaired) electrons. The fraction of sp³-hybridized carbons (Fsp3) is 0.739. The quantitative estimate of drug-likeness (QED) is 0.414. The third kappa shape index (κ3) is 10.9. The van der Waals surface area contributed by atoms with Gasteiger partial charge in [0, 0.05) is 0 Å². The highest BCUT2D eigenvalue weighted by molar-refractivity contribution is 5.28. The van der Waals surface area contributed by atoms with E-state index >= 15 is 0 Å². The second-order valence-corrected chi connectivity index (χ2v) is 8.02. The molecular weight excluding hydrogens is 324 g/mol. The topological polar surface area (TPSA) is 60.7 Å². The molecule has 0 bridgehead atoms. The Hall–Kier alpha value is -0.900. The number of benzene rings is 1. The summed E-state index contributed by atoms with van der Waals surface area (Å²) < 4.78 is 0. The van der Waals surface area contributed by atoms with Gasteiger partial charge in [0.1, 0.15) is 0 Å². The number of aliphatic hydroxyl groups is 3. The Morgan fingerprint density at radius 1 is 0.692 bits per heavy atom. The number of rotatable bonds is 14. The van der Waals surface area contributed by atoms with Crippen molar-refractivity contribution < 1.29 is 15.3 Å². The molecular formula is C23H40O3. The summed E-state index contributed by atoms with van der Waals surface area (Å²) in [5.41, 5.74) is 3.72. The van der Waals surface area contributed by atoms with Crippen LogP contribution in [0.4, 0.5) is 0 Å². The van der Waals surface area contributed by atoms with Crippen molar-refractivity contribution in [2.45, 2.75) is 110 Å². The van der Waals surface area contributed by atoms with Crippen LogP contribution in [0.15, 0.2) is 18.2 Å². The summed E-state index contributed by atoms with van der Waals surface area (Å²) in [5, 5.41) is 30.4. The van der Waals surface area contributed by atoms with Gasteiger partial charge in [0.05, 0.1) is 18.3 Å². The van der Waals surface area contributed by atoms with Crippen molar-refractivity contribution in [3.05, 3.63) is 34.9 Å². The first-order valence-electron chi connectivity index (χ1n) is 10.5. The predicted molar refractivity (Wildman–Crippen MR) is 109 cm³/mol. The van der Waals surface area contributed by atoms with E-state index in [-0.39, 0.29) is 0 Å². The van der Waals surface area contributed by atoms with Crippen LogP contribution in [0.25, 0.3) is 0 Å². The lowest BCUT2D eigenvalue weighted by Crippen LogP contribution is -2.23. The van der Waals surface area contributed by atoms with E-state index in [0.717, 1.165) is 25.7 Å². The zero-order valence-corrected chi connectivity index (χ0v) is 17.1. The molecule has 0 aliphatic heterocycles. The van der Waals surface area contributed by atoms with E-state index < -0.39 is 18.3 Å². The zero-order valence-electron chi connectivity index (χ0n) is 17.1. The van der Waals surface area contributed by atoms with E-state index in [0.29, 0.717) is 19.3 Å². The van der Waals surface area contributed by atoms with E-state index in [1.54, 1.807) is 0 Å². The van der Waals surface area contributed by atoms with E-state index in [1.807, 2.05) is 0 Å². The molecule has 150 valence electrons. The van der Waals surface area contributed by atoms with Crippen LogP contribution < -0.4 is 0 Å². The van der Waals surface area contributed by atoms with Crippen molar-refractivity contribution in [2.24, 2.45) is 0 Å². The molecule has 3 N–H and O–H groups in total. The molecule has 0 aliphatic carbocycles. The molecule has 1 aromatic rings. The lowest BCUT2D eigenvalue weighted by atomic mass is 9.97. The van der Waals surface area contributed by atoms with Gasteiger partial charge in [0.25, 0.3) is 0 Å². The fourth-order valence-corrected chi connectivity index (χ4v) is 3.67. The number of aryl methyl sites for hydroxylation is 3. The summed E-state index contributed by atoms with van der Waals surface area (Å²) in [6.07, 6.45) is 8.57. The van der Waals surface area contributed by atoms with Crippen molar-refractivity contribution in [3.63, 3.8) is 0 Å². The van der Waals surface area contributed by atoms with Gasteiger partial charge in [-0.25, -0.2) is 0 Å². The van der Waals surface area contributed by atoms with E-state index in [1.165, 1.54) is 42.4 Å². The van der Waals surface area contributed by atoms with Crippen LogP contribution in [-0.2, 0) is 6.42 Å². The molecule has 0 fully saturated rings. The van der Waals surface area contributed by atoms with Gasteiger partial charge in [0.2, 0.25) is 0 Å². The van der Waals surface area contributed by atoms with Gasteiger partial charge in [-0.05, 0) is 51.5 Å². The van der Waals surface area contributed by atoms with Crippen molar-refractivity contribution in [2.75, 3.05) is 0 Å². The number of hydrogen-bond donors (Lipinski definition) is 3. The van der Waals surface area contributed by atoms with Gasteiger partial charge in [-0.2, -0.15) is 0 Å². The van der Waals surface area contributed by atoms with E-state index in [2.05, 4.69) is 39.0 Å². The van der Waals surface area contributed by atoms with Gasteiger partial charge in [-0.15, -0.1) is 0 Å². The van der Waals surface area contributed by atoms with Crippen molar-refractivity contribution >= 4 is 0 Å². The maximum absolute atomic E-state index is 10.2. The minimum Gasteiger partial charge on any atom is -0.393 e. The third-order valence-electron chi connectivity index (χ3n) is 5.03. The largest absolute Gasteiger partial charge is 0.393 e. The Bertz CT molecular complexity index is 466. The van der Waals surface area contributed by atoms with Gasteiger partial charge >= 0.3 is 0 Å². The SMILES string of the molecule is CCCCCCCC[C@H](O)C[C@H](O)C[C@H](O)CCc1cc(C)cc(C)c1. The maximum Gasteiger partial charge on any atom is 0.0589 e. The smallest absolute Gasteiger partial charge is 0.0589 e. The Morgan fingerprint density at radius 2 is 1.23 bits per heavy atom. The van der Waals surface area contributed by atoms with Crippen LogP contribution in [0.2, 0.25) is 0 Å². The minimum atomic E-state index is -0.626. The second-order valence-electron chi connectivity index (χ2n) is 8.02. The van der Waals surface area contributed by atoms with Crippen molar-refractivity contribution in [3.8, 4) is 0 Å². The van der Waals surface area contributed by atoms with Crippen molar-refractivity contribution in [1.82, 2.24) is 0 Å². The molecule has 0 saturated heterocycles. The van der Waals surface area contributed by atoms with Crippen LogP contribution in [0.3, 0.4) is 0 Å². The number of aliphatic hydroxyl groups excluding tert-OH is 3. The minimum absolute atomic E-state index is 0.346. The normalized spacial score (nSPS) is 15.0. The predicted octanol–water partition coefficient (Wildman–Crippen LogP) is 4.85. The molecule has 3 heteroatoms. The summed E-state index contributed by atoms with van der Waals surface area (Å²) in [6.45, 7) is 6.38. The van der Waals surface area contributed by atoms with Gasteiger partial charge in [0.15, 0.2) is 0 Å². The summed E-state index contributed by atoms with van der Waals surface area (Å²) in [4.78, 5) is 0.